The van der Waals surface area contributed by atoms with Crippen molar-refractivity contribution in [2.24, 2.45) is 0 Å². The maximum atomic E-state index is 12.2. The van der Waals surface area contributed by atoms with Crippen LogP contribution >= 0.6 is 11.6 Å². The molecule has 0 aliphatic carbocycles. The maximum absolute atomic E-state index is 12.2. The minimum absolute atomic E-state index is 0.0916. The molecule has 1 N–H and O–H groups in total. The number of nitrogens with zero attached hydrogens (tertiary/aromatic N) is 2. The summed E-state index contributed by atoms with van der Waals surface area (Å²) >= 11 is 6.06. The molecule has 2 aromatic rings. The highest BCUT2D eigenvalue weighted by atomic mass is 35.5. The van der Waals surface area contributed by atoms with Gasteiger partial charge in [-0.2, -0.15) is 0 Å². The lowest BCUT2D eigenvalue weighted by molar-refractivity contribution is -0.117. The van der Waals surface area contributed by atoms with E-state index in [2.05, 4.69) is 10.3 Å². The van der Waals surface area contributed by atoms with Gasteiger partial charge in [0, 0.05) is 24.1 Å². The molecule has 0 saturated heterocycles. The SMILES string of the molecule is COc1ccc(NC(=O)CN(C)[C@H](C)c2cccnc2)cc1Cl. The molecule has 0 aliphatic heterocycles. The summed E-state index contributed by atoms with van der Waals surface area (Å²) in [6.45, 7) is 2.30. The van der Waals surface area contributed by atoms with Crippen LogP contribution in [0.4, 0.5) is 5.69 Å². The van der Waals surface area contributed by atoms with Gasteiger partial charge in [0.25, 0.3) is 0 Å². The highest BCUT2D eigenvalue weighted by Crippen LogP contribution is 2.27. The van der Waals surface area contributed by atoms with E-state index < -0.39 is 0 Å². The number of ether oxygens (including phenoxy) is 1. The number of pyridine rings is 1. The molecule has 0 unspecified atom stereocenters. The first-order valence-electron chi connectivity index (χ1n) is 7.25. The molecule has 0 fully saturated rings. The Labute approximate surface area is 141 Å². The molecule has 2 rings (SSSR count). The highest BCUT2D eigenvalue weighted by molar-refractivity contribution is 6.32. The molecular formula is C17H20ClN3O2. The number of benzene rings is 1. The molecule has 122 valence electrons. The Morgan fingerprint density at radius 3 is 2.83 bits per heavy atom. The van der Waals surface area contributed by atoms with Crippen molar-refractivity contribution in [1.82, 2.24) is 9.88 Å². The van der Waals surface area contributed by atoms with Gasteiger partial charge in [0.15, 0.2) is 0 Å². The first-order chi connectivity index (χ1) is 11.0. The highest BCUT2D eigenvalue weighted by Gasteiger charge is 2.15. The molecule has 0 saturated carbocycles. The standard InChI is InChI=1S/C17H20ClN3O2/c1-12(13-5-4-8-19-10-13)21(2)11-17(22)20-14-6-7-16(23-3)15(18)9-14/h4-10,12H,11H2,1-3H3,(H,20,22)/t12-/m1/s1. The predicted octanol–water partition coefficient (Wildman–Crippen LogP) is 3.38. The molecule has 6 heteroatoms. The Bertz CT molecular complexity index is 664. The molecule has 1 amide bonds. The summed E-state index contributed by atoms with van der Waals surface area (Å²) in [5.41, 5.74) is 1.71. The molecule has 0 aliphatic rings. The van der Waals surface area contributed by atoms with Crippen molar-refractivity contribution in [3.8, 4) is 5.75 Å². The zero-order chi connectivity index (χ0) is 16.8. The number of likely N-dealkylation sites (N-methyl/N-ethyl adjacent to an activating group) is 1. The van der Waals surface area contributed by atoms with E-state index in [9.17, 15) is 4.79 Å². The van der Waals surface area contributed by atoms with Crippen LogP contribution in [-0.4, -0.2) is 36.5 Å². The smallest absolute Gasteiger partial charge is 0.238 e. The maximum Gasteiger partial charge on any atom is 0.238 e. The number of amides is 1. The Morgan fingerprint density at radius 1 is 1.43 bits per heavy atom. The summed E-state index contributed by atoms with van der Waals surface area (Å²) in [7, 11) is 3.45. The van der Waals surface area contributed by atoms with E-state index in [1.54, 1.807) is 31.5 Å². The molecule has 0 radical (unpaired) electrons. The summed E-state index contributed by atoms with van der Waals surface area (Å²) in [6.07, 6.45) is 3.54. The molecule has 1 aromatic carbocycles. The van der Waals surface area contributed by atoms with Gasteiger partial charge in [-0.25, -0.2) is 0 Å². The quantitative estimate of drug-likeness (QED) is 0.880. The van der Waals surface area contributed by atoms with Crippen LogP contribution in [0, 0.1) is 0 Å². The number of hydrogen-bond donors (Lipinski definition) is 1. The van der Waals surface area contributed by atoms with Gasteiger partial charge in [-0.3, -0.25) is 14.7 Å². The van der Waals surface area contributed by atoms with Crippen LogP contribution < -0.4 is 10.1 Å². The summed E-state index contributed by atoms with van der Waals surface area (Å²) < 4.78 is 5.09. The number of rotatable bonds is 6. The third-order valence-electron chi connectivity index (χ3n) is 3.66. The molecule has 1 heterocycles. The molecule has 0 bridgehead atoms. The Kier molecular flexibility index (Phi) is 5.96. The number of hydrogen-bond acceptors (Lipinski definition) is 4. The normalized spacial score (nSPS) is 12.0. The molecule has 5 nitrogen and oxygen atoms in total. The van der Waals surface area contributed by atoms with Gasteiger partial charge in [0.2, 0.25) is 5.91 Å². The second kappa shape index (κ2) is 7.94. The van der Waals surface area contributed by atoms with E-state index in [0.29, 0.717) is 16.5 Å². The van der Waals surface area contributed by atoms with Crippen molar-refractivity contribution in [2.75, 3.05) is 26.0 Å². The van der Waals surface area contributed by atoms with Crippen LogP contribution in [-0.2, 0) is 4.79 Å². The van der Waals surface area contributed by atoms with Crippen LogP contribution in [0.5, 0.6) is 5.75 Å². The zero-order valence-electron chi connectivity index (χ0n) is 13.4. The van der Waals surface area contributed by atoms with Crippen molar-refractivity contribution < 1.29 is 9.53 Å². The van der Waals surface area contributed by atoms with Gasteiger partial charge < -0.3 is 10.1 Å². The van der Waals surface area contributed by atoms with E-state index in [4.69, 9.17) is 16.3 Å². The van der Waals surface area contributed by atoms with Crippen molar-refractivity contribution >= 4 is 23.2 Å². The summed E-state index contributed by atoms with van der Waals surface area (Å²) in [5.74, 6) is 0.469. The van der Waals surface area contributed by atoms with Crippen LogP contribution in [0.25, 0.3) is 0 Å². The van der Waals surface area contributed by atoms with Crippen LogP contribution in [0.1, 0.15) is 18.5 Å². The second-order valence-corrected chi connectivity index (χ2v) is 5.68. The third kappa shape index (κ3) is 4.68. The topological polar surface area (TPSA) is 54.5 Å². The van der Waals surface area contributed by atoms with Gasteiger partial charge in [0.05, 0.1) is 18.7 Å². The Morgan fingerprint density at radius 2 is 2.22 bits per heavy atom. The van der Waals surface area contributed by atoms with E-state index in [1.807, 2.05) is 37.2 Å². The Balaban J connectivity index is 1.95. The lowest BCUT2D eigenvalue weighted by Crippen LogP contribution is -2.32. The van der Waals surface area contributed by atoms with Gasteiger partial charge in [-0.1, -0.05) is 17.7 Å². The van der Waals surface area contributed by atoms with Gasteiger partial charge >= 0.3 is 0 Å². The first-order valence-corrected chi connectivity index (χ1v) is 7.62. The average Bonchev–Trinajstić information content (AvgIpc) is 2.55. The monoisotopic (exact) mass is 333 g/mol. The van der Waals surface area contributed by atoms with Crippen molar-refractivity contribution in [3.05, 3.63) is 53.3 Å². The number of halogens is 1. The molecular weight excluding hydrogens is 314 g/mol. The van der Waals surface area contributed by atoms with E-state index >= 15 is 0 Å². The number of anilines is 1. The predicted molar refractivity (Wildman–Crippen MR) is 91.9 cm³/mol. The summed E-state index contributed by atoms with van der Waals surface area (Å²) in [5, 5.41) is 3.30. The Hall–Kier alpha value is -2.11. The number of nitrogens with one attached hydrogen (secondary N) is 1. The third-order valence-corrected chi connectivity index (χ3v) is 3.95. The van der Waals surface area contributed by atoms with Crippen molar-refractivity contribution in [2.45, 2.75) is 13.0 Å². The average molecular weight is 334 g/mol. The van der Waals surface area contributed by atoms with Crippen LogP contribution in [0.3, 0.4) is 0 Å². The first kappa shape index (κ1) is 17.2. The minimum Gasteiger partial charge on any atom is -0.495 e. The van der Waals surface area contributed by atoms with Gasteiger partial charge in [-0.15, -0.1) is 0 Å². The molecule has 1 aromatic heterocycles. The fourth-order valence-electron chi connectivity index (χ4n) is 2.19. The lowest BCUT2D eigenvalue weighted by Gasteiger charge is -2.24. The van der Waals surface area contributed by atoms with E-state index in [-0.39, 0.29) is 18.5 Å². The summed E-state index contributed by atoms with van der Waals surface area (Å²) in [6, 6.07) is 9.12. The van der Waals surface area contributed by atoms with Crippen molar-refractivity contribution in [1.29, 1.82) is 0 Å². The largest absolute Gasteiger partial charge is 0.495 e. The number of carbonyl (C=O) groups is 1. The molecule has 1 atom stereocenters. The number of methoxy groups -OCH3 is 1. The van der Waals surface area contributed by atoms with Gasteiger partial charge in [0.1, 0.15) is 5.75 Å². The lowest BCUT2D eigenvalue weighted by atomic mass is 10.1. The van der Waals surface area contributed by atoms with Crippen molar-refractivity contribution in [3.63, 3.8) is 0 Å². The summed E-state index contributed by atoms with van der Waals surface area (Å²) in [4.78, 5) is 18.2. The van der Waals surface area contributed by atoms with Gasteiger partial charge in [-0.05, 0) is 43.8 Å². The zero-order valence-corrected chi connectivity index (χ0v) is 14.2. The second-order valence-electron chi connectivity index (χ2n) is 5.27. The van der Waals surface area contributed by atoms with E-state index in [1.165, 1.54) is 0 Å². The van der Waals surface area contributed by atoms with Crippen LogP contribution in [0.15, 0.2) is 42.7 Å². The minimum atomic E-state index is -0.107. The number of aromatic nitrogens is 1. The number of carbonyl (C=O) groups excluding carboxylic acids is 1. The van der Waals surface area contributed by atoms with E-state index in [0.717, 1.165) is 5.56 Å². The fraction of sp³-hybridized carbons (Fsp3) is 0.294. The van der Waals surface area contributed by atoms with Crippen LogP contribution in [0.2, 0.25) is 5.02 Å². The molecule has 23 heavy (non-hydrogen) atoms. The molecule has 0 spiro atoms. The fourth-order valence-corrected chi connectivity index (χ4v) is 2.44.